The molecule has 3 aromatic rings. The number of nitrogens with zero attached hydrogens (tertiary/aromatic N) is 1. The van der Waals surface area contributed by atoms with Gasteiger partial charge in [-0.15, -0.1) is 11.3 Å². The number of fused-ring (bicyclic) bond motifs is 1. The number of hydrazine groups is 1. The first-order valence-electron chi connectivity index (χ1n) is 10.3. The van der Waals surface area contributed by atoms with Crippen molar-refractivity contribution in [3.8, 4) is 11.5 Å². The number of rotatable bonds is 10. The quantitative estimate of drug-likeness (QED) is 0.451. The lowest BCUT2D eigenvalue weighted by atomic mass is 10.1. The van der Waals surface area contributed by atoms with Gasteiger partial charge in [-0.25, -0.2) is 4.98 Å². The third-order valence-electron chi connectivity index (χ3n) is 4.49. The number of carbonyl (C=O) groups excluding carboxylic acids is 2. The number of thiazole rings is 1. The molecule has 170 valence electrons. The van der Waals surface area contributed by atoms with E-state index in [0.717, 1.165) is 21.6 Å². The molecule has 9 heteroatoms. The highest BCUT2D eigenvalue weighted by atomic mass is 32.1. The van der Waals surface area contributed by atoms with Crippen LogP contribution in [0, 0.1) is 5.92 Å². The second kappa shape index (κ2) is 11.4. The topological polar surface area (TPSA) is 98.8 Å². The molecule has 0 fully saturated rings. The van der Waals surface area contributed by atoms with E-state index in [0.29, 0.717) is 29.6 Å². The fourth-order valence-electron chi connectivity index (χ4n) is 2.78. The minimum absolute atomic E-state index is 0.206. The lowest BCUT2D eigenvalue weighted by Crippen LogP contribution is -2.43. The van der Waals surface area contributed by atoms with Gasteiger partial charge in [0, 0.05) is 5.56 Å². The Morgan fingerprint density at radius 2 is 1.91 bits per heavy atom. The zero-order chi connectivity index (χ0) is 22.9. The van der Waals surface area contributed by atoms with Crippen molar-refractivity contribution in [2.75, 3.05) is 20.3 Å². The SMILES string of the molecule is COc1cc(C(=O)NNC(=O)COCc2nc3ccccc3s2)ccc1OCCC(C)C. The normalized spacial score (nSPS) is 10.9. The highest BCUT2D eigenvalue weighted by Gasteiger charge is 2.13. The van der Waals surface area contributed by atoms with Gasteiger partial charge in [-0.1, -0.05) is 26.0 Å². The maximum Gasteiger partial charge on any atom is 0.269 e. The predicted molar refractivity (Wildman–Crippen MR) is 123 cm³/mol. The van der Waals surface area contributed by atoms with Gasteiger partial charge in [-0.2, -0.15) is 0 Å². The van der Waals surface area contributed by atoms with E-state index in [1.54, 1.807) is 18.2 Å². The number of para-hydroxylation sites is 1. The third-order valence-corrected chi connectivity index (χ3v) is 5.50. The van der Waals surface area contributed by atoms with Crippen molar-refractivity contribution in [2.24, 2.45) is 5.92 Å². The van der Waals surface area contributed by atoms with Crippen molar-refractivity contribution < 1.29 is 23.8 Å². The van der Waals surface area contributed by atoms with Gasteiger partial charge in [0.2, 0.25) is 0 Å². The van der Waals surface area contributed by atoms with E-state index in [1.165, 1.54) is 18.4 Å². The van der Waals surface area contributed by atoms with Crippen LogP contribution in [-0.2, 0) is 16.1 Å². The van der Waals surface area contributed by atoms with Gasteiger partial charge in [0.25, 0.3) is 11.8 Å². The number of hydrogen-bond acceptors (Lipinski definition) is 7. The third kappa shape index (κ3) is 6.66. The number of hydrogen-bond donors (Lipinski definition) is 2. The van der Waals surface area contributed by atoms with Gasteiger partial charge in [0.05, 0.1) is 30.5 Å². The number of nitrogens with one attached hydrogen (secondary N) is 2. The molecule has 0 saturated carbocycles. The molecule has 8 nitrogen and oxygen atoms in total. The van der Waals surface area contributed by atoms with E-state index >= 15 is 0 Å². The highest BCUT2D eigenvalue weighted by Crippen LogP contribution is 2.28. The van der Waals surface area contributed by atoms with Crippen molar-refractivity contribution in [1.29, 1.82) is 0 Å². The summed E-state index contributed by atoms with van der Waals surface area (Å²) in [5, 5.41) is 0.783. The van der Waals surface area contributed by atoms with Crippen molar-refractivity contribution in [3.05, 3.63) is 53.0 Å². The number of ether oxygens (including phenoxy) is 3. The Balaban J connectivity index is 1.44. The molecule has 3 rings (SSSR count). The van der Waals surface area contributed by atoms with Crippen LogP contribution in [0.25, 0.3) is 10.2 Å². The van der Waals surface area contributed by atoms with Gasteiger partial charge in [-0.05, 0) is 42.7 Å². The predicted octanol–water partition coefficient (Wildman–Crippen LogP) is 3.71. The molecule has 32 heavy (non-hydrogen) atoms. The molecule has 0 bridgehead atoms. The fraction of sp³-hybridized carbons (Fsp3) is 0.348. The molecule has 2 amide bonds. The second-order valence-electron chi connectivity index (χ2n) is 7.47. The molecule has 1 aromatic heterocycles. The first kappa shape index (κ1) is 23.5. The summed E-state index contributed by atoms with van der Waals surface area (Å²) in [6.07, 6.45) is 0.915. The maximum atomic E-state index is 12.4. The Morgan fingerprint density at radius 3 is 2.66 bits per heavy atom. The van der Waals surface area contributed by atoms with Gasteiger partial charge < -0.3 is 14.2 Å². The molecule has 2 N–H and O–H groups in total. The first-order chi connectivity index (χ1) is 15.5. The van der Waals surface area contributed by atoms with E-state index in [1.807, 2.05) is 24.3 Å². The molecule has 0 atom stereocenters. The van der Waals surface area contributed by atoms with Crippen LogP contribution < -0.4 is 20.3 Å². The summed E-state index contributed by atoms with van der Waals surface area (Å²) in [4.78, 5) is 28.8. The van der Waals surface area contributed by atoms with Gasteiger partial charge >= 0.3 is 0 Å². The zero-order valence-corrected chi connectivity index (χ0v) is 19.2. The molecule has 0 unspecified atom stereocenters. The average Bonchev–Trinajstić information content (AvgIpc) is 3.20. The minimum Gasteiger partial charge on any atom is -0.493 e. The Bertz CT molecular complexity index is 1030. The second-order valence-corrected chi connectivity index (χ2v) is 8.58. The van der Waals surface area contributed by atoms with Gasteiger partial charge in [0.1, 0.15) is 11.6 Å². The minimum atomic E-state index is -0.475. The molecule has 0 aliphatic heterocycles. The standard InChI is InChI=1S/C23H27N3O5S/c1-15(2)10-11-31-18-9-8-16(12-19(18)29-3)23(28)26-25-21(27)13-30-14-22-24-17-6-4-5-7-20(17)32-22/h4-9,12,15H,10-11,13-14H2,1-3H3,(H,25,27)(H,26,28). The molecule has 0 aliphatic carbocycles. The smallest absolute Gasteiger partial charge is 0.269 e. The van der Waals surface area contributed by atoms with Crippen molar-refractivity contribution >= 4 is 33.4 Å². The lowest BCUT2D eigenvalue weighted by molar-refractivity contribution is -0.126. The van der Waals surface area contributed by atoms with Crippen LogP contribution in [-0.4, -0.2) is 37.1 Å². The summed E-state index contributed by atoms with van der Waals surface area (Å²) in [7, 11) is 1.51. The van der Waals surface area contributed by atoms with Crippen LogP contribution in [0.1, 0.15) is 35.6 Å². The fourth-order valence-corrected chi connectivity index (χ4v) is 3.69. The Hall–Kier alpha value is -3.17. The van der Waals surface area contributed by atoms with E-state index in [4.69, 9.17) is 14.2 Å². The lowest BCUT2D eigenvalue weighted by Gasteiger charge is -2.13. The van der Waals surface area contributed by atoms with E-state index in [-0.39, 0.29) is 13.2 Å². The molecule has 0 spiro atoms. The van der Waals surface area contributed by atoms with Crippen LogP contribution in [0.4, 0.5) is 0 Å². The summed E-state index contributed by atoms with van der Waals surface area (Å²) in [6, 6.07) is 12.6. The number of benzene rings is 2. The summed E-state index contributed by atoms with van der Waals surface area (Å²) >= 11 is 1.52. The van der Waals surface area contributed by atoms with Crippen molar-refractivity contribution in [2.45, 2.75) is 26.9 Å². The zero-order valence-electron chi connectivity index (χ0n) is 18.3. The molecular weight excluding hydrogens is 430 g/mol. The molecule has 0 aliphatic rings. The molecule has 1 heterocycles. The van der Waals surface area contributed by atoms with Crippen LogP contribution in [0.2, 0.25) is 0 Å². The maximum absolute atomic E-state index is 12.4. The molecule has 0 radical (unpaired) electrons. The number of amides is 2. The molecule has 2 aromatic carbocycles. The highest BCUT2D eigenvalue weighted by molar-refractivity contribution is 7.18. The number of aromatic nitrogens is 1. The molecule has 0 saturated heterocycles. The molecular formula is C23H27N3O5S. The van der Waals surface area contributed by atoms with Crippen molar-refractivity contribution in [1.82, 2.24) is 15.8 Å². The Morgan fingerprint density at radius 1 is 1.09 bits per heavy atom. The van der Waals surface area contributed by atoms with E-state index in [9.17, 15) is 9.59 Å². The van der Waals surface area contributed by atoms with E-state index in [2.05, 4.69) is 29.7 Å². The van der Waals surface area contributed by atoms with Crippen molar-refractivity contribution in [3.63, 3.8) is 0 Å². The number of methoxy groups -OCH3 is 1. The summed E-state index contributed by atoms with van der Waals surface area (Å²) in [6.45, 7) is 4.81. The summed E-state index contributed by atoms with van der Waals surface area (Å²) < 4.78 is 17.5. The van der Waals surface area contributed by atoms with Crippen LogP contribution in [0.15, 0.2) is 42.5 Å². The van der Waals surface area contributed by atoms with E-state index < -0.39 is 11.8 Å². The number of carbonyl (C=O) groups is 2. The van der Waals surface area contributed by atoms with Gasteiger partial charge in [0.15, 0.2) is 11.5 Å². The largest absolute Gasteiger partial charge is 0.493 e. The summed E-state index contributed by atoms with van der Waals surface area (Å²) in [5.41, 5.74) is 5.94. The summed E-state index contributed by atoms with van der Waals surface area (Å²) in [5.74, 6) is 0.598. The van der Waals surface area contributed by atoms with Crippen LogP contribution in [0.3, 0.4) is 0 Å². The Labute approximate surface area is 190 Å². The monoisotopic (exact) mass is 457 g/mol. The van der Waals surface area contributed by atoms with Gasteiger partial charge in [-0.3, -0.25) is 20.4 Å². The average molecular weight is 458 g/mol. The first-order valence-corrected chi connectivity index (χ1v) is 11.1. The Kier molecular flexibility index (Phi) is 8.41. The van der Waals surface area contributed by atoms with Crippen LogP contribution >= 0.6 is 11.3 Å². The van der Waals surface area contributed by atoms with Crippen LogP contribution in [0.5, 0.6) is 11.5 Å².